The normalized spacial score (nSPS) is 11.1. The third kappa shape index (κ3) is 5.57. The van der Waals surface area contributed by atoms with Gasteiger partial charge in [0.15, 0.2) is 5.96 Å². The maximum atomic E-state index is 4.71. The van der Waals surface area contributed by atoms with Crippen LogP contribution in [0.1, 0.15) is 18.3 Å². The van der Waals surface area contributed by atoms with Gasteiger partial charge in [-0.3, -0.25) is 0 Å². The molecule has 2 N–H and O–H groups in total. The van der Waals surface area contributed by atoms with Gasteiger partial charge in [-0.05, 0) is 34.9 Å². The van der Waals surface area contributed by atoms with E-state index in [1.807, 2.05) is 31.4 Å². The largest absolute Gasteiger partial charge is 0.357 e. The van der Waals surface area contributed by atoms with Gasteiger partial charge in [-0.15, -0.1) is 24.0 Å². The number of benzene rings is 1. The van der Waals surface area contributed by atoms with Crippen LogP contribution in [0.2, 0.25) is 0 Å². The first kappa shape index (κ1) is 20.4. The lowest BCUT2D eigenvalue weighted by Crippen LogP contribution is -2.38. The van der Waals surface area contributed by atoms with E-state index < -0.39 is 0 Å². The summed E-state index contributed by atoms with van der Waals surface area (Å²) in [4.78, 5) is 14.7. The van der Waals surface area contributed by atoms with Gasteiger partial charge in [0.05, 0.1) is 25.0 Å². The molecule has 0 spiro atoms. The summed E-state index contributed by atoms with van der Waals surface area (Å²) >= 11 is 1.70. The highest BCUT2D eigenvalue weighted by Crippen LogP contribution is 2.16. The average Bonchev–Trinajstić information content (AvgIpc) is 3.31. The molecule has 3 aromatic rings. The average molecular weight is 481 g/mol. The fraction of sp³-hybridized carbons (Fsp3) is 0.263. The molecule has 0 radical (unpaired) electrons. The molecule has 0 amide bonds. The Labute approximate surface area is 175 Å². The number of hydrogen-bond donors (Lipinski definition) is 2. The molecule has 0 saturated heterocycles. The minimum absolute atomic E-state index is 0. The highest BCUT2D eigenvalue weighted by molar-refractivity contribution is 14.0. The number of thiophene rings is 1. The Hall–Kier alpha value is -1.87. The molecule has 2 aromatic heterocycles. The fourth-order valence-corrected chi connectivity index (χ4v) is 3.19. The van der Waals surface area contributed by atoms with Crippen molar-refractivity contribution >= 4 is 41.3 Å². The lowest BCUT2D eigenvalue weighted by molar-refractivity contribution is 0.464. The zero-order valence-electron chi connectivity index (χ0n) is 15.0. The van der Waals surface area contributed by atoms with E-state index in [9.17, 15) is 0 Å². The number of halogens is 1. The lowest BCUT2D eigenvalue weighted by Gasteiger charge is -2.21. The van der Waals surface area contributed by atoms with Crippen LogP contribution in [0.5, 0.6) is 0 Å². The maximum absolute atomic E-state index is 4.71. The van der Waals surface area contributed by atoms with Crippen molar-refractivity contribution in [3.05, 3.63) is 64.7 Å². The number of nitrogens with one attached hydrogen (secondary N) is 2. The summed E-state index contributed by atoms with van der Waals surface area (Å²) in [5, 5.41) is 7.55. The fourth-order valence-electron chi connectivity index (χ4n) is 2.53. The summed E-state index contributed by atoms with van der Waals surface area (Å²) in [6.07, 6.45) is 1.88. The molecule has 0 aliphatic carbocycles. The summed E-state index contributed by atoms with van der Waals surface area (Å²) in [7, 11) is 2.03. The molecular formula is C19H24IN5S. The van der Waals surface area contributed by atoms with Gasteiger partial charge in [0.1, 0.15) is 5.82 Å². The Morgan fingerprint density at radius 3 is 2.77 bits per heavy atom. The van der Waals surface area contributed by atoms with Gasteiger partial charge in [-0.2, -0.15) is 11.3 Å². The Kier molecular flexibility index (Phi) is 8.11. The first-order chi connectivity index (χ1) is 12.3. The van der Waals surface area contributed by atoms with Crippen LogP contribution in [0, 0.1) is 0 Å². The number of H-pyrrole nitrogens is 1. The Morgan fingerprint density at radius 2 is 2.08 bits per heavy atom. The molecule has 0 saturated carbocycles. The van der Waals surface area contributed by atoms with Gasteiger partial charge in [-0.1, -0.05) is 30.3 Å². The van der Waals surface area contributed by atoms with Crippen molar-refractivity contribution in [3.8, 4) is 11.3 Å². The number of nitrogens with zero attached hydrogens (tertiary/aromatic N) is 3. The summed E-state index contributed by atoms with van der Waals surface area (Å²) in [6.45, 7) is 4.26. The van der Waals surface area contributed by atoms with Gasteiger partial charge in [0.25, 0.3) is 0 Å². The number of guanidine groups is 1. The highest BCUT2D eigenvalue weighted by atomic mass is 127. The molecule has 3 rings (SSSR count). The highest BCUT2D eigenvalue weighted by Gasteiger charge is 2.10. The smallest absolute Gasteiger partial charge is 0.194 e. The summed E-state index contributed by atoms with van der Waals surface area (Å²) in [5.74, 6) is 1.80. The van der Waals surface area contributed by atoms with E-state index in [0.717, 1.165) is 29.6 Å². The van der Waals surface area contributed by atoms with E-state index in [1.165, 1.54) is 5.56 Å². The van der Waals surface area contributed by atoms with Crippen LogP contribution in [-0.4, -0.2) is 34.4 Å². The number of aromatic amines is 1. The van der Waals surface area contributed by atoms with Crippen LogP contribution in [0.25, 0.3) is 11.3 Å². The Bertz CT molecular complexity index is 798. The number of hydrogen-bond acceptors (Lipinski definition) is 3. The van der Waals surface area contributed by atoms with Crippen LogP contribution in [-0.2, 0) is 13.1 Å². The quantitative estimate of drug-likeness (QED) is 0.313. The molecule has 0 aliphatic rings. The monoisotopic (exact) mass is 481 g/mol. The summed E-state index contributed by atoms with van der Waals surface area (Å²) in [6, 6.07) is 12.3. The molecule has 0 atom stereocenters. The second-order valence-corrected chi connectivity index (χ2v) is 6.55. The van der Waals surface area contributed by atoms with Gasteiger partial charge in [-0.25, -0.2) is 9.98 Å². The maximum Gasteiger partial charge on any atom is 0.194 e. The molecule has 0 unspecified atom stereocenters. The number of imidazole rings is 1. The summed E-state index contributed by atoms with van der Waals surface area (Å²) < 4.78 is 0. The predicted molar refractivity (Wildman–Crippen MR) is 120 cm³/mol. The van der Waals surface area contributed by atoms with Gasteiger partial charge in [0, 0.05) is 13.6 Å². The number of aromatic nitrogens is 2. The molecule has 0 bridgehead atoms. The van der Waals surface area contributed by atoms with Crippen molar-refractivity contribution in [1.82, 2.24) is 20.2 Å². The molecule has 1 aromatic carbocycles. The van der Waals surface area contributed by atoms with Crippen molar-refractivity contribution in [2.75, 3.05) is 13.6 Å². The van der Waals surface area contributed by atoms with Crippen LogP contribution in [0.15, 0.2) is 58.3 Å². The first-order valence-corrected chi connectivity index (χ1v) is 9.30. The first-order valence-electron chi connectivity index (χ1n) is 8.36. The minimum atomic E-state index is 0. The molecule has 0 aliphatic heterocycles. The van der Waals surface area contributed by atoms with Crippen molar-refractivity contribution in [3.63, 3.8) is 0 Å². The lowest BCUT2D eigenvalue weighted by atomic mass is 10.2. The SMILES string of the molecule is CCNC(=NCc1ccsc1)N(C)Cc1ncc(-c2ccccc2)[nH]1.I. The van der Waals surface area contributed by atoms with E-state index in [4.69, 9.17) is 4.99 Å². The molecule has 5 nitrogen and oxygen atoms in total. The number of aliphatic imine (C=N–C) groups is 1. The van der Waals surface area contributed by atoms with Crippen LogP contribution >= 0.6 is 35.3 Å². The predicted octanol–water partition coefficient (Wildman–Crippen LogP) is 4.35. The van der Waals surface area contributed by atoms with Crippen molar-refractivity contribution < 1.29 is 0 Å². The minimum Gasteiger partial charge on any atom is -0.357 e. The third-order valence-electron chi connectivity index (χ3n) is 3.79. The Morgan fingerprint density at radius 1 is 1.27 bits per heavy atom. The van der Waals surface area contributed by atoms with E-state index in [2.05, 4.69) is 56.1 Å². The molecule has 138 valence electrons. The standard InChI is InChI=1S/C19H23N5S.HI/c1-3-20-19(22-11-15-9-10-25-14-15)24(2)13-18-21-12-17(23-18)16-7-5-4-6-8-16;/h4-10,12,14H,3,11,13H2,1-2H3,(H,20,22)(H,21,23);1H. The molecule has 2 heterocycles. The van der Waals surface area contributed by atoms with E-state index in [-0.39, 0.29) is 24.0 Å². The van der Waals surface area contributed by atoms with Gasteiger partial charge < -0.3 is 15.2 Å². The number of rotatable bonds is 6. The molecular weight excluding hydrogens is 457 g/mol. The van der Waals surface area contributed by atoms with Crippen LogP contribution in [0.3, 0.4) is 0 Å². The third-order valence-corrected chi connectivity index (χ3v) is 4.52. The summed E-state index contributed by atoms with van der Waals surface area (Å²) in [5.41, 5.74) is 3.41. The zero-order chi connectivity index (χ0) is 17.5. The Balaban J connectivity index is 0.00000243. The topological polar surface area (TPSA) is 56.3 Å². The van der Waals surface area contributed by atoms with E-state index in [1.54, 1.807) is 11.3 Å². The van der Waals surface area contributed by atoms with Crippen molar-refractivity contribution in [1.29, 1.82) is 0 Å². The zero-order valence-corrected chi connectivity index (χ0v) is 18.1. The van der Waals surface area contributed by atoms with E-state index >= 15 is 0 Å². The van der Waals surface area contributed by atoms with Crippen LogP contribution in [0.4, 0.5) is 0 Å². The van der Waals surface area contributed by atoms with Crippen molar-refractivity contribution in [2.24, 2.45) is 4.99 Å². The van der Waals surface area contributed by atoms with Gasteiger partial charge in [0.2, 0.25) is 0 Å². The molecule has 26 heavy (non-hydrogen) atoms. The second-order valence-electron chi connectivity index (χ2n) is 5.77. The van der Waals surface area contributed by atoms with Crippen LogP contribution < -0.4 is 5.32 Å². The second kappa shape index (κ2) is 10.3. The van der Waals surface area contributed by atoms with E-state index in [0.29, 0.717) is 13.1 Å². The van der Waals surface area contributed by atoms with Crippen molar-refractivity contribution in [2.45, 2.75) is 20.0 Å². The van der Waals surface area contributed by atoms with Gasteiger partial charge >= 0.3 is 0 Å². The molecule has 0 fully saturated rings. The molecule has 7 heteroatoms.